The second-order valence-corrected chi connectivity index (χ2v) is 8.81. The number of aryl methyl sites for hydroxylation is 1. The van der Waals surface area contributed by atoms with Gasteiger partial charge in [-0.1, -0.05) is 30.6 Å². The number of fused-ring (bicyclic) bond motifs is 1. The van der Waals surface area contributed by atoms with Crippen LogP contribution in [0.3, 0.4) is 0 Å². The highest BCUT2D eigenvalue weighted by Gasteiger charge is 2.14. The maximum Gasteiger partial charge on any atom is 0.222 e. The molecule has 5 rings (SSSR count). The third-order valence-electron chi connectivity index (χ3n) is 5.49. The molecule has 1 aliphatic rings. The van der Waals surface area contributed by atoms with Crippen LogP contribution in [0.2, 0.25) is 0 Å². The minimum Gasteiger partial charge on any atom is -0.439 e. The summed E-state index contributed by atoms with van der Waals surface area (Å²) in [5.41, 5.74) is 2.69. The zero-order chi connectivity index (χ0) is 20.3. The number of aromatic nitrogens is 5. The molecule has 0 atom stereocenters. The van der Waals surface area contributed by atoms with Gasteiger partial charge in [0.05, 0.1) is 22.1 Å². The molecule has 0 radical (unpaired) electrons. The van der Waals surface area contributed by atoms with E-state index in [1.807, 2.05) is 37.5 Å². The van der Waals surface area contributed by atoms with E-state index >= 15 is 0 Å². The van der Waals surface area contributed by atoms with Crippen LogP contribution >= 0.6 is 11.3 Å². The number of benzene rings is 1. The van der Waals surface area contributed by atoms with E-state index < -0.39 is 0 Å². The molecule has 1 saturated carbocycles. The molecule has 7 nitrogen and oxygen atoms in total. The van der Waals surface area contributed by atoms with Crippen molar-refractivity contribution in [2.75, 3.05) is 11.9 Å². The Bertz CT molecular complexity index is 1150. The van der Waals surface area contributed by atoms with Crippen molar-refractivity contribution < 1.29 is 4.74 Å². The molecular formula is C22H24N6OS. The van der Waals surface area contributed by atoms with Gasteiger partial charge in [-0.15, -0.1) is 0 Å². The van der Waals surface area contributed by atoms with Crippen LogP contribution < -0.4 is 10.1 Å². The number of hydrogen-bond acceptors (Lipinski definition) is 7. The smallest absolute Gasteiger partial charge is 0.222 e. The standard InChI is InChI=1S/C22H24N6OS/c1-28-13-16(12-26-28)19-10-21(25-14-24-19)29-17-7-8-18-20(9-17)30-22(27-18)23-11-15-5-3-2-4-6-15/h7-10,12-15H,2-6,11H2,1H3,(H,23,27). The number of rotatable bonds is 6. The van der Waals surface area contributed by atoms with Gasteiger partial charge in [0.15, 0.2) is 5.13 Å². The van der Waals surface area contributed by atoms with Crippen molar-refractivity contribution in [3.8, 4) is 22.9 Å². The second kappa shape index (κ2) is 8.39. The molecule has 1 fully saturated rings. The Morgan fingerprint density at radius 1 is 1.17 bits per heavy atom. The van der Waals surface area contributed by atoms with Gasteiger partial charge in [0.1, 0.15) is 12.1 Å². The summed E-state index contributed by atoms with van der Waals surface area (Å²) >= 11 is 1.67. The Hall–Kier alpha value is -3.00. The fourth-order valence-corrected chi connectivity index (χ4v) is 4.80. The number of ether oxygens (including phenoxy) is 1. The first-order valence-electron chi connectivity index (χ1n) is 10.4. The van der Waals surface area contributed by atoms with Crippen LogP contribution in [0.1, 0.15) is 32.1 Å². The van der Waals surface area contributed by atoms with Crippen LogP contribution in [0.5, 0.6) is 11.6 Å². The molecule has 30 heavy (non-hydrogen) atoms. The van der Waals surface area contributed by atoms with Gasteiger partial charge in [0.2, 0.25) is 5.88 Å². The highest BCUT2D eigenvalue weighted by atomic mass is 32.1. The zero-order valence-corrected chi connectivity index (χ0v) is 17.7. The van der Waals surface area contributed by atoms with Crippen LogP contribution in [-0.4, -0.2) is 31.3 Å². The van der Waals surface area contributed by atoms with E-state index in [0.29, 0.717) is 5.88 Å². The van der Waals surface area contributed by atoms with Crippen LogP contribution in [0.4, 0.5) is 5.13 Å². The molecule has 1 aromatic carbocycles. The summed E-state index contributed by atoms with van der Waals surface area (Å²) in [5.74, 6) is 2.01. The number of anilines is 1. The summed E-state index contributed by atoms with van der Waals surface area (Å²) in [6.45, 7) is 1.02. The van der Waals surface area contributed by atoms with Crippen molar-refractivity contribution in [1.82, 2.24) is 24.7 Å². The van der Waals surface area contributed by atoms with E-state index in [1.54, 1.807) is 22.2 Å². The van der Waals surface area contributed by atoms with Gasteiger partial charge in [0, 0.05) is 37.5 Å². The summed E-state index contributed by atoms with van der Waals surface area (Å²) in [6, 6.07) is 7.77. The van der Waals surface area contributed by atoms with E-state index in [4.69, 9.17) is 9.72 Å². The summed E-state index contributed by atoms with van der Waals surface area (Å²) in [5, 5.41) is 8.71. The maximum absolute atomic E-state index is 6.00. The Balaban J connectivity index is 1.29. The lowest BCUT2D eigenvalue weighted by molar-refractivity contribution is 0.373. The molecule has 3 heterocycles. The number of hydrogen-bond donors (Lipinski definition) is 1. The third kappa shape index (κ3) is 4.28. The number of thiazole rings is 1. The van der Waals surface area contributed by atoms with Gasteiger partial charge in [-0.05, 0) is 30.9 Å². The molecule has 4 aromatic rings. The lowest BCUT2D eigenvalue weighted by Crippen LogP contribution is -2.16. The Labute approximate surface area is 179 Å². The average Bonchev–Trinajstić information content (AvgIpc) is 3.39. The maximum atomic E-state index is 6.00. The van der Waals surface area contributed by atoms with E-state index in [9.17, 15) is 0 Å². The zero-order valence-electron chi connectivity index (χ0n) is 16.9. The molecule has 1 aliphatic carbocycles. The van der Waals surface area contributed by atoms with Crippen LogP contribution in [0.15, 0.2) is 43.0 Å². The van der Waals surface area contributed by atoms with Crippen molar-refractivity contribution in [2.45, 2.75) is 32.1 Å². The summed E-state index contributed by atoms with van der Waals surface area (Å²) in [6.07, 6.45) is 12.0. The van der Waals surface area contributed by atoms with E-state index in [0.717, 1.165) is 44.8 Å². The monoisotopic (exact) mass is 420 g/mol. The molecule has 0 unspecified atom stereocenters. The van der Waals surface area contributed by atoms with Gasteiger partial charge in [-0.2, -0.15) is 5.10 Å². The Morgan fingerprint density at radius 3 is 2.90 bits per heavy atom. The molecule has 0 saturated heterocycles. The van der Waals surface area contributed by atoms with Gasteiger partial charge >= 0.3 is 0 Å². The van der Waals surface area contributed by atoms with E-state index in [1.165, 1.54) is 38.4 Å². The van der Waals surface area contributed by atoms with Crippen LogP contribution in [-0.2, 0) is 7.05 Å². The molecule has 0 bridgehead atoms. The predicted octanol–water partition coefficient (Wildman–Crippen LogP) is 5.27. The van der Waals surface area contributed by atoms with Crippen molar-refractivity contribution in [2.24, 2.45) is 13.0 Å². The van der Waals surface area contributed by atoms with Gasteiger partial charge in [0.25, 0.3) is 0 Å². The average molecular weight is 421 g/mol. The van der Waals surface area contributed by atoms with Crippen LogP contribution in [0, 0.1) is 5.92 Å². The van der Waals surface area contributed by atoms with Crippen molar-refractivity contribution in [1.29, 1.82) is 0 Å². The first-order valence-corrected chi connectivity index (χ1v) is 11.2. The fraction of sp³-hybridized carbons (Fsp3) is 0.364. The topological polar surface area (TPSA) is 77.8 Å². The normalized spacial score (nSPS) is 14.8. The molecule has 154 valence electrons. The predicted molar refractivity (Wildman–Crippen MR) is 119 cm³/mol. The SMILES string of the molecule is Cn1cc(-c2cc(Oc3ccc4nc(NCC5CCCCC5)sc4c3)ncn2)cn1. The first-order chi connectivity index (χ1) is 14.7. The Morgan fingerprint density at radius 2 is 2.07 bits per heavy atom. The summed E-state index contributed by atoms with van der Waals surface area (Å²) < 4.78 is 8.84. The Kier molecular flexibility index (Phi) is 5.31. The fourth-order valence-electron chi connectivity index (χ4n) is 3.89. The highest BCUT2D eigenvalue weighted by molar-refractivity contribution is 7.22. The number of nitrogens with one attached hydrogen (secondary N) is 1. The largest absolute Gasteiger partial charge is 0.439 e. The molecule has 0 spiro atoms. The molecule has 3 aromatic heterocycles. The molecule has 1 N–H and O–H groups in total. The lowest BCUT2D eigenvalue weighted by atomic mass is 9.89. The second-order valence-electron chi connectivity index (χ2n) is 7.78. The molecule has 8 heteroatoms. The number of nitrogens with zero attached hydrogens (tertiary/aromatic N) is 5. The van der Waals surface area contributed by atoms with Gasteiger partial charge in [-0.25, -0.2) is 15.0 Å². The molecule has 0 aliphatic heterocycles. The third-order valence-corrected chi connectivity index (χ3v) is 6.47. The van der Waals surface area contributed by atoms with E-state index in [2.05, 4.69) is 20.4 Å². The van der Waals surface area contributed by atoms with Gasteiger partial charge in [-0.3, -0.25) is 4.68 Å². The highest BCUT2D eigenvalue weighted by Crippen LogP contribution is 2.32. The summed E-state index contributed by atoms with van der Waals surface area (Å²) in [4.78, 5) is 13.3. The first kappa shape index (κ1) is 19.0. The van der Waals surface area contributed by atoms with Gasteiger partial charge < -0.3 is 10.1 Å². The van der Waals surface area contributed by atoms with Crippen molar-refractivity contribution in [3.63, 3.8) is 0 Å². The van der Waals surface area contributed by atoms with Crippen molar-refractivity contribution in [3.05, 3.63) is 43.0 Å². The minimum atomic E-state index is 0.503. The van der Waals surface area contributed by atoms with E-state index in [-0.39, 0.29) is 0 Å². The quantitative estimate of drug-likeness (QED) is 0.458. The lowest BCUT2D eigenvalue weighted by Gasteiger charge is -2.21. The van der Waals surface area contributed by atoms with Crippen molar-refractivity contribution >= 4 is 26.7 Å². The van der Waals surface area contributed by atoms with Crippen LogP contribution in [0.25, 0.3) is 21.5 Å². The molecule has 0 amide bonds. The summed E-state index contributed by atoms with van der Waals surface area (Å²) in [7, 11) is 1.88. The minimum absolute atomic E-state index is 0.503. The molecular weight excluding hydrogens is 396 g/mol.